The van der Waals surface area contributed by atoms with E-state index in [-0.39, 0.29) is 18.4 Å². The number of benzene rings is 3. The van der Waals surface area contributed by atoms with Crippen LogP contribution >= 0.6 is 0 Å². The van der Waals surface area contributed by atoms with Gasteiger partial charge in [0, 0.05) is 17.7 Å². The van der Waals surface area contributed by atoms with Gasteiger partial charge in [0.05, 0.1) is 5.69 Å². The topological polar surface area (TPSA) is 81.6 Å². The fraction of sp³-hybridized carbons (Fsp3) is 0.105. The molecule has 0 fully saturated rings. The van der Waals surface area contributed by atoms with Crippen molar-refractivity contribution in [1.82, 2.24) is 0 Å². The molecular formula is C19H18N2O3. The van der Waals surface area contributed by atoms with E-state index in [1.807, 2.05) is 30.3 Å². The van der Waals surface area contributed by atoms with Gasteiger partial charge in [-0.2, -0.15) is 0 Å². The van der Waals surface area contributed by atoms with Crippen LogP contribution < -0.4 is 10.6 Å². The van der Waals surface area contributed by atoms with Gasteiger partial charge in [-0.05, 0) is 41.6 Å². The molecule has 0 aliphatic carbocycles. The molecule has 0 aliphatic heterocycles. The summed E-state index contributed by atoms with van der Waals surface area (Å²) in [5.74, 6) is 0.144. The van der Waals surface area contributed by atoms with Gasteiger partial charge in [-0.25, -0.2) is 4.79 Å². The Kier molecular flexibility index (Phi) is 4.63. The first-order valence-corrected chi connectivity index (χ1v) is 7.66. The van der Waals surface area contributed by atoms with E-state index in [9.17, 15) is 9.90 Å². The van der Waals surface area contributed by atoms with Gasteiger partial charge in [-0.3, -0.25) is 0 Å². The van der Waals surface area contributed by atoms with Gasteiger partial charge in [-0.1, -0.05) is 36.4 Å². The molecule has 3 aromatic rings. The molecule has 0 aromatic heterocycles. The number of carbonyl (C=O) groups is 1. The maximum Gasteiger partial charge on any atom is 0.323 e. The second kappa shape index (κ2) is 7.02. The maximum atomic E-state index is 12.3. The van der Waals surface area contributed by atoms with E-state index in [2.05, 4.69) is 10.6 Å². The number of anilines is 2. The molecule has 0 radical (unpaired) electrons. The molecule has 4 N–H and O–H groups in total. The highest BCUT2D eigenvalue weighted by Gasteiger charge is 2.09. The van der Waals surface area contributed by atoms with E-state index in [0.717, 1.165) is 16.3 Å². The van der Waals surface area contributed by atoms with Crippen molar-refractivity contribution in [1.29, 1.82) is 0 Å². The van der Waals surface area contributed by atoms with Crippen LogP contribution in [0.15, 0.2) is 60.7 Å². The molecule has 5 nitrogen and oxygen atoms in total. The number of rotatable bonds is 4. The Morgan fingerprint density at radius 2 is 1.67 bits per heavy atom. The fourth-order valence-electron chi connectivity index (χ4n) is 2.63. The number of urea groups is 1. The fourth-order valence-corrected chi connectivity index (χ4v) is 2.63. The normalized spacial score (nSPS) is 10.5. The number of amides is 2. The average Bonchev–Trinajstić information content (AvgIpc) is 2.57. The summed E-state index contributed by atoms with van der Waals surface area (Å²) >= 11 is 0. The minimum atomic E-state index is -0.378. The number of carbonyl (C=O) groups excluding carboxylic acids is 1. The Labute approximate surface area is 139 Å². The maximum absolute atomic E-state index is 12.3. The molecule has 0 spiro atoms. The number of phenols is 1. The summed E-state index contributed by atoms with van der Waals surface area (Å²) in [4.78, 5) is 12.3. The molecular weight excluding hydrogens is 304 g/mol. The molecule has 0 unspecified atom stereocenters. The predicted octanol–water partition coefficient (Wildman–Crippen LogP) is 3.72. The van der Waals surface area contributed by atoms with Gasteiger partial charge in [0.2, 0.25) is 0 Å². The first-order chi connectivity index (χ1) is 11.7. The standard InChI is InChI=1S/C19H18N2O3/c22-11-10-14-4-1-2-6-17(14)20-19(24)21-18-7-3-5-13-8-9-15(23)12-16(13)18/h1-9,12,22-23H,10-11H2,(H2,20,21,24). The quantitative estimate of drug-likeness (QED) is 0.591. The van der Waals surface area contributed by atoms with E-state index in [1.165, 1.54) is 0 Å². The lowest BCUT2D eigenvalue weighted by Gasteiger charge is -2.13. The highest BCUT2D eigenvalue weighted by atomic mass is 16.3. The molecule has 2 amide bonds. The van der Waals surface area contributed by atoms with Crippen molar-refractivity contribution < 1.29 is 15.0 Å². The highest BCUT2D eigenvalue weighted by molar-refractivity contribution is 6.06. The first kappa shape index (κ1) is 15.8. The third-order valence-corrected chi connectivity index (χ3v) is 3.76. The lowest BCUT2D eigenvalue weighted by atomic mass is 10.1. The monoisotopic (exact) mass is 322 g/mol. The van der Waals surface area contributed by atoms with Crippen LogP contribution in [0.5, 0.6) is 5.75 Å². The second-order valence-corrected chi connectivity index (χ2v) is 5.42. The Balaban J connectivity index is 1.82. The first-order valence-electron chi connectivity index (χ1n) is 7.66. The lowest BCUT2D eigenvalue weighted by molar-refractivity contribution is 0.262. The molecule has 0 saturated heterocycles. The molecule has 0 atom stereocenters. The van der Waals surface area contributed by atoms with E-state index in [1.54, 1.807) is 30.3 Å². The van der Waals surface area contributed by atoms with Gasteiger partial charge < -0.3 is 20.8 Å². The van der Waals surface area contributed by atoms with Crippen LogP contribution in [0.25, 0.3) is 10.8 Å². The molecule has 0 bridgehead atoms. The summed E-state index contributed by atoms with van der Waals surface area (Å²) in [6, 6.07) is 17.5. The summed E-state index contributed by atoms with van der Waals surface area (Å²) in [5, 5.41) is 26.1. The van der Waals surface area contributed by atoms with Crippen molar-refractivity contribution in [2.75, 3.05) is 17.2 Å². The van der Waals surface area contributed by atoms with Crippen molar-refractivity contribution >= 4 is 28.2 Å². The third kappa shape index (κ3) is 3.47. The number of hydrogen-bond acceptors (Lipinski definition) is 3. The van der Waals surface area contributed by atoms with Crippen molar-refractivity contribution in [3.8, 4) is 5.75 Å². The molecule has 3 rings (SSSR count). The lowest BCUT2D eigenvalue weighted by Crippen LogP contribution is -2.20. The Bertz CT molecular complexity index is 877. The predicted molar refractivity (Wildman–Crippen MR) is 95.5 cm³/mol. The number of fused-ring (bicyclic) bond motifs is 1. The summed E-state index contributed by atoms with van der Waals surface area (Å²) in [5.41, 5.74) is 2.14. The van der Waals surface area contributed by atoms with Crippen LogP contribution in [0, 0.1) is 0 Å². The molecule has 0 aliphatic rings. The highest BCUT2D eigenvalue weighted by Crippen LogP contribution is 2.27. The second-order valence-electron chi connectivity index (χ2n) is 5.42. The Morgan fingerprint density at radius 3 is 2.50 bits per heavy atom. The minimum absolute atomic E-state index is 0.0168. The van der Waals surface area contributed by atoms with E-state index in [0.29, 0.717) is 17.8 Å². The van der Waals surface area contributed by atoms with Gasteiger partial charge in [0.25, 0.3) is 0 Å². The molecule has 0 heterocycles. The number of nitrogens with one attached hydrogen (secondary N) is 2. The van der Waals surface area contributed by atoms with Gasteiger partial charge in [0.1, 0.15) is 5.75 Å². The van der Waals surface area contributed by atoms with E-state index < -0.39 is 0 Å². The Hall–Kier alpha value is -3.05. The van der Waals surface area contributed by atoms with Gasteiger partial charge in [-0.15, -0.1) is 0 Å². The summed E-state index contributed by atoms with van der Waals surface area (Å²) in [6.45, 7) is 0.0168. The minimum Gasteiger partial charge on any atom is -0.508 e. The SMILES string of the molecule is O=C(Nc1ccccc1CCO)Nc1cccc2ccc(O)cc12. The number of aromatic hydroxyl groups is 1. The van der Waals surface area contributed by atoms with Crippen LogP contribution in [0.2, 0.25) is 0 Å². The molecule has 24 heavy (non-hydrogen) atoms. The van der Waals surface area contributed by atoms with Gasteiger partial charge in [0.15, 0.2) is 0 Å². The summed E-state index contributed by atoms with van der Waals surface area (Å²) in [7, 11) is 0. The number of aliphatic hydroxyl groups is 1. The van der Waals surface area contributed by atoms with E-state index in [4.69, 9.17) is 5.11 Å². The van der Waals surface area contributed by atoms with Crippen LogP contribution in [0.4, 0.5) is 16.2 Å². The zero-order valence-corrected chi connectivity index (χ0v) is 13.0. The molecule has 0 saturated carbocycles. The third-order valence-electron chi connectivity index (χ3n) is 3.76. The van der Waals surface area contributed by atoms with Crippen LogP contribution in [0.1, 0.15) is 5.56 Å². The summed E-state index contributed by atoms with van der Waals surface area (Å²) < 4.78 is 0. The Morgan fingerprint density at radius 1 is 0.917 bits per heavy atom. The van der Waals surface area contributed by atoms with Crippen LogP contribution in [-0.4, -0.2) is 22.9 Å². The van der Waals surface area contributed by atoms with Crippen molar-refractivity contribution in [2.24, 2.45) is 0 Å². The van der Waals surface area contributed by atoms with Crippen molar-refractivity contribution in [3.63, 3.8) is 0 Å². The van der Waals surface area contributed by atoms with Gasteiger partial charge >= 0.3 is 6.03 Å². The van der Waals surface area contributed by atoms with Crippen LogP contribution in [0.3, 0.4) is 0 Å². The largest absolute Gasteiger partial charge is 0.508 e. The average molecular weight is 322 g/mol. The molecule has 122 valence electrons. The zero-order chi connectivity index (χ0) is 16.9. The number of para-hydroxylation sites is 1. The smallest absolute Gasteiger partial charge is 0.323 e. The zero-order valence-electron chi connectivity index (χ0n) is 13.0. The van der Waals surface area contributed by atoms with Crippen LogP contribution in [-0.2, 0) is 6.42 Å². The number of aliphatic hydroxyl groups excluding tert-OH is 1. The molecule has 5 heteroatoms. The van der Waals surface area contributed by atoms with Crippen molar-refractivity contribution in [3.05, 3.63) is 66.2 Å². The number of phenolic OH excluding ortho intramolecular Hbond substituents is 1. The molecule has 3 aromatic carbocycles. The number of hydrogen-bond donors (Lipinski definition) is 4. The van der Waals surface area contributed by atoms with E-state index >= 15 is 0 Å². The summed E-state index contributed by atoms with van der Waals surface area (Å²) in [6.07, 6.45) is 0.471. The van der Waals surface area contributed by atoms with Crippen molar-refractivity contribution in [2.45, 2.75) is 6.42 Å².